The molecule has 0 saturated carbocycles. The second kappa shape index (κ2) is 5.42. The Balaban J connectivity index is 1.75. The molecule has 5 rings (SSSR count). The number of hydrogen-bond donors (Lipinski definition) is 1. The van der Waals surface area contributed by atoms with E-state index >= 15 is 0 Å². The monoisotopic (exact) mass is 342 g/mol. The fourth-order valence-electron chi connectivity index (χ4n) is 3.17. The molecule has 0 atom stereocenters. The maximum Gasteiger partial charge on any atom is 0.274 e. The predicted molar refractivity (Wildman–Crippen MR) is 99.0 cm³/mol. The van der Waals surface area contributed by atoms with Gasteiger partial charge in [-0.15, -0.1) is 0 Å². The fraction of sp³-hybridized carbons (Fsp3) is 0.0500. The van der Waals surface area contributed by atoms with Crippen LogP contribution in [0.2, 0.25) is 0 Å². The van der Waals surface area contributed by atoms with Crippen molar-refractivity contribution in [1.82, 2.24) is 19.6 Å². The Morgan fingerprint density at radius 1 is 1.15 bits per heavy atom. The molecule has 0 unspecified atom stereocenters. The van der Waals surface area contributed by atoms with Gasteiger partial charge in [0.2, 0.25) is 0 Å². The average molecular weight is 342 g/mol. The van der Waals surface area contributed by atoms with E-state index in [1.54, 1.807) is 24.7 Å². The minimum absolute atomic E-state index is 0.194. The summed E-state index contributed by atoms with van der Waals surface area (Å²) < 4.78 is 6.86. The molecule has 4 aromatic heterocycles. The zero-order valence-electron chi connectivity index (χ0n) is 13.9. The number of pyridine rings is 1. The molecule has 0 aliphatic heterocycles. The average Bonchev–Trinajstić information content (AvgIpc) is 3.26. The van der Waals surface area contributed by atoms with Gasteiger partial charge >= 0.3 is 0 Å². The normalized spacial score (nSPS) is 11.4. The summed E-state index contributed by atoms with van der Waals surface area (Å²) in [6, 6.07) is 13.1. The molecule has 0 aliphatic rings. The van der Waals surface area contributed by atoms with Crippen LogP contribution < -0.4 is 5.56 Å². The number of benzene rings is 1. The lowest BCUT2D eigenvalue weighted by Gasteiger charge is -2.05. The Kier molecular flexibility index (Phi) is 3.05. The van der Waals surface area contributed by atoms with E-state index in [1.165, 1.54) is 4.52 Å². The number of nitrogens with one attached hydrogen (secondary N) is 1. The van der Waals surface area contributed by atoms with Gasteiger partial charge < -0.3 is 9.40 Å². The molecular weight excluding hydrogens is 328 g/mol. The van der Waals surface area contributed by atoms with Crippen LogP contribution in [0.1, 0.15) is 5.56 Å². The van der Waals surface area contributed by atoms with Crippen molar-refractivity contribution in [1.29, 1.82) is 0 Å². The smallest absolute Gasteiger partial charge is 0.274 e. The van der Waals surface area contributed by atoms with Crippen LogP contribution in [0.25, 0.3) is 39.1 Å². The highest BCUT2D eigenvalue weighted by atomic mass is 16.3. The molecule has 0 amide bonds. The van der Waals surface area contributed by atoms with Crippen LogP contribution in [-0.2, 0) is 0 Å². The van der Waals surface area contributed by atoms with Gasteiger partial charge in [-0.25, -0.2) is 0 Å². The molecule has 0 bridgehead atoms. The number of H-pyrrole nitrogens is 1. The lowest BCUT2D eigenvalue weighted by Crippen LogP contribution is -2.14. The summed E-state index contributed by atoms with van der Waals surface area (Å²) in [5.41, 5.74) is 5.49. The maximum absolute atomic E-state index is 12.5. The molecule has 6 heteroatoms. The van der Waals surface area contributed by atoms with Crippen molar-refractivity contribution >= 4 is 16.6 Å². The molecule has 126 valence electrons. The molecule has 1 aromatic carbocycles. The summed E-state index contributed by atoms with van der Waals surface area (Å²) in [6.45, 7) is 2.00. The molecule has 1 N–H and O–H groups in total. The molecule has 0 fully saturated rings. The number of aromatic nitrogens is 4. The highest BCUT2D eigenvalue weighted by Crippen LogP contribution is 2.27. The first-order valence-corrected chi connectivity index (χ1v) is 8.21. The van der Waals surface area contributed by atoms with Gasteiger partial charge in [0.25, 0.3) is 5.56 Å². The van der Waals surface area contributed by atoms with Gasteiger partial charge in [-0.3, -0.25) is 9.78 Å². The zero-order chi connectivity index (χ0) is 17.7. The van der Waals surface area contributed by atoms with E-state index in [1.807, 2.05) is 43.3 Å². The van der Waals surface area contributed by atoms with E-state index in [4.69, 9.17) is 4.42 Å². The van der Waals surface area contributed by atoms with Crippen molar-refractivity contribution < 1.29 is 4.42 Å². The highest BCUT2D eigenvalue weighted by Gasteiger charge is 2.13. The van der Waals surface area contributed by atoms with Gasteiger partial charge in [0.05, 0.1) is 29.4 Å². The SMILES string of the molecule is Cc1coc2ccc(-c3cc(=O)n4ncc(-c5ccccn5)c4[nH]3)cc12. The van der Waals surface area contributed by atoms with Gasteiger partial charge in [0.15, 0.2) is 0 Å². The maximum atomic E-state index is 12.5. The Hall–Kier alpha value is -3.67. The Morgan fingerprint density at radius 3 is 2.92 bits per heavy atom. The van der Waals surface area contributed by atoms with Crippen LogP contribution in [0.15, 0.2) is 70.3 Å². The lowest BCUT2D eigenvalue weighted by atomic mass is 10.1. The molecule has 6 nitrogen and oxygen atoms in total. The van der Waals surface area contributed by atoms with Crippen molar-refractivity contribution in [3.8, 4) is 22.5 Å². The van der Waals surface area contributed by atoms with E-state index < -0.39 is 0 Å². The summed E-state index contributed by atoms with van der Waals surface area (Å²) in [5, 5.41) is 5.23. The lowest BCUT2D eigenvalue weighted by molar-refractivity contribution is 0.613. The van der Waals surface area contributed by atoms with Crippen LogP contribution in [0.5, 0.6) is 0 Å². The number of aromatic amines is 1. The summed E-state index contributed by atoms with van der Waals surface area (Å²) in [6.07, 6.45) is 5.11. The van der Waals surface area contributed by atoms with Gasteiger partial charge in [-0.05, 0) is 48.4 Å². The van der Waals surface area contributed by atoms with Crippen molar-refractivity contribution in [3.05, 3.63) is 77.0 Å². The van der Waals surface area contributed by atoms with Crippen molar-refractivity contribution in [2.45, 2.75) is 6.92 Å². The third-order valence-corrected chi connectivity index (χ3v) is 4.52. The van der Waals surface area contributed by atoms with Crippen LogP contribution in [0.3, 0.4) is 0 Å². The summed E-state index contributed by atoms with van der Waals surface area (Å²) >= 11 is 0. The fourth-order valence-corrected chi connectivity index (χ4v) is 3.17. The number of hydrogen-bond acceptors (Lipinski definition) is 4. The first-order valence-electron chi connectivity index (χ1n) is 8.21. The number of furan rings is 1. The van der Waals surface area contributed by atoms with E-state index in [-0.39, 0.29) is 5.56 Å². The van der Waals surface area contributed by atoms with Crippen LogP contribution in [0.4, 0.5) is 0 Å². The Morgan fingerprint density at radius 2 is 2.08 bits per heavy atom. The molecule has 0 spiro atoms. The highest BCUT2D eigenvalue weighted by molar-refractivity contribution is 5.86. The van der Waals surface area contributed by atoms with Crippen molar-refractivity contribution in [2.75, 3.05) is 0 Å². The standard InChI is InChI=1S/C20H14N4O2/c1-12-11-26-18-6-5-13(8-14(12)18)17-9-19(25)24-20(23-17)15(10-22-24)16-4-2-3-7-21-16/h2-11,23H,1H3. The van der Waals surface area contributed by atoms with Crippen molar-refractivity contribution in [2.24, 2.45) is 0 Å². The number of fused-ring (bicyclic) bond motifs is 2. The number of aryl methyl sites for hydroxylation is 1. The third kappa shape index (κ3) is 2.16. The minimum atomic E-state index is -0.194. The van der Waals surface area contributed by atoms with Crippen molar-refractivity contribution in [3.63, 3.8) is 0 Å². The zero-order valence-corrected chi connectivity index (χ0v) is 13.9. The summed E-state index contributed by atoms with van der Waals surface area (Å²) in [7, 11) is 0. The minimum Gasteiger partial charge on any atom is -0.464 e. The summed E-state index contributed by atoms with van der Waals surface area (Å²) in [5.74, 6) is 0. The number of nitrogens with zero attached hydrogens (tertiary/aromatic N) is 3. The molecule has 0 aliphatic carbocycles. The van der Waals surface area contributed by atoms with Gasteiger partial charge in [0, 0.05) is 17.6 Å². The van der Waals surface area contributed by atoms with Crippen LogP contribution >= 0.6 is 0 Å². The molecule has 5 aromatic rings. The van der Waals surface area contributed by atoms with E-state index in [0.717, 1.165) is 39.0 Å². The second-order valence-electron chi connectivity index (χ2n) is 6.18. The van der Waals surface area contributed by atoms with E-state index in [0.29, 0.717) is 5.65 Å². The molecule has 0 saturated heterocycles. The summed E-state index contributed by atoms with van der Waals surface area (Å²) in [4.78, 5) is 20.2. The quantitative estimate of drug-likeness (QED) is 0.529. The molecular formula is C20H14N4O2. The molecule has 0 radical (unpaired) electrons. The Bertz CT molecular complexity index is 1310. The molecule has 4 heterocycles. The second-order valence-corrected chi connectivity index (χ2v) is 6.18. The largest absolute Gasteiger partial charge is 0.464 e. The van der Waals surface area contributed by atoms with Gasteiger partial charge in [0.1, 0.15) is 11.2 Å². The van der Waals surface area contributed by atoms with Gasteiger partial charge in [-0.1, -0.05) is 6.07 Å². The third-order valence-electron chi connectivity index (χ3n) is 4.52. The van der Waals surface area contributed by atoms with Gasteiger partial charge in [-0.2, -0.15) is 9.61 Å². The molecule has 26 heavy (non-hydrogen) atoms. The van der Waals surface area contributed by atoms with E-state index in [9.17, 15) is 4.79 Å². The first-order chi connectivity index (χ1) is 12.7. The topological polar surface area (TPSA) is 76.2 Å². The predicted octanol–water partition coefficient (Wildman–Crippen LogP) is 3.81. The Labute approximate surface area is 147 Å². The van der Waals surface area contributed by atoms with E-state index in [2.05, 4.69) is 15.1 Å². The van der Waals surface area contributed by atoms with Crippen LogP contribution in [0, 0.1) is 6.92 Å². The first kappa shape index (κ1) is 14.7. The number of rotatable bonds is 2. The van der Waals surface area contributed by atoms with Crippen LogP contribution in [-0.4, -0.2) is 19.6 Å².